The molecule has 1 saturated carbocycles. The maximum atomic E-state index is 12.4. The molecule has 94 valence electrons. The van der Waals surface area contributed by atoms with E-state index in [1.54, 1.807) is 0 Å². The van der Waals surface area contributed by atoms with E-state index < -0.39 is 0 Å². The minimum absolute atomic E-state index is 0.210. The average molecular weight is 244 g/mol. The van der Waals surface area contributed by atoms with Crippen molar-refractivity contribution >= 4 is 11.6 Å². The van der Waals surface area contributed by atoms with E-state index in [9.17, 15) is 4.79 Å². The van der Waals surface area contributed by atoms with Crippen molar-refractivity contribution in [2.75, 3.05) is 13.7 Å². The van der Waals surface area contributed by atoms with E-state index in [1.807, 2.05) is 35.2 Å². The maximum Gasteiger partial charge on any atom is 0.235 e. The lowest BCUT2D eigenvalue weighted by Gasteiger charge is -2.15. The van der Waals surface area contributed by atoms with Gasteiger partial charge in [0.05, 0.1) is 17.7 Å². The first kappa shape index (κ1) is 11.3. The Morgan fingerprint density at radius 3 is 2.67 bits per heavy atom. The van der Waals surface area contributed by atoms with Crippen LogP contribution < -0.4 is 0 Å². The minimum Gasteiger partial charge on any atom is -0.399 e. The molecule has 0 bridgehead atoms. The van der Waals surface area contributed by atoms with E-state index in [0.717, 1.165) is 24.1 Å². The van der Waals surface area contributed by atoms with E-state index in [2.05, 4.69) is 5.16 Å². The topological polar surface area (TPSA) is 41.9 Å². The molecule has 4 heteroatoms. The first-order valence-electron chi connectivity index (χ1n) is 6.20. The first-order valence-corrected chi connectivity index (χ1v) is 6.20. The molecule has 1 amide bonds. The Kier molecular flexibility index (Phi) is 2.58. The smallest absolute Gasteiger partial charge is 0.235 e. The summed E-state index contributed by atoms with van der Waals surface area (Å²) in [5.41, 5.74) is 1.73. The van der Waals surface area contributed by atoms with Gasteiger partial charge >= 0.3 is 0 Å². The highest BCUT2D eigenvalue weighted by atomic mass is 16.6. The van der Waals surface area contributed by atoms with Crippen molar-refractivity contribution in [2.24, 2.45) is 10.6 Å². The highest BCUT2D eigenvalue weighted by Crippen LogP contribution is 2.52. The molecule has 0 aromatic heterocycles. The van der Waals surface area contributed by atoms with Crippen molar-refractivity contribution in [3.63, 3.8) is 0 Å². The van der Waals surface area contributed by atoms with Crippen LogP contribution in [0.2, 0.25) is 0 Å². The molecule has 0 atom stereocenters. The third kappa shape index (κ3) is 1.68. The maximum absolute atomic E-state index is 12.4. The first-order chi connectivity index (χ1) is 8.76. The number of rotatable bonds is 3. The number of nitrogens with zero attached hydrogens (tertiary/aromatic N) is 2. The summed E-state index contributed by atoms with van der Waals surface area (Å²) in [7, 11) is 1.54. The number of hydrogen-bond donors (Lipinski definition) is 0. The summed E-state index contributed by atoms with van der Waals surface area (Å²) in [4.78, 5) is 19.1. The largest absolute Gasteiger partial charge is 0.399 e. The fourth-order valence-corrected chi connectivity index (χ4v) is 2.62. The van der Waals surface area contributed by atoms with Gasteiger partial charge < -0.3 is 9.74 Å². The summed E-state index contributed by atoms with van der Waals surface area (Å²) in [5, 5.41) is 4.04. The molecular weight excluding hydrogens is 228 g/mol. The van der Waals surface area contributed by atoms with Crippen LogP contribution in [-0.4, -0.2) is 30.2 Å². The lowest BCUT2D eigenvalue weighted by molar-refractivity contribution is -0.132. The van der Waals surface area contributed by atoms with Gasteiger partial charge in [0.15, 0.2) is 0 Å². The Labute approximate surface area is 106 Å². The predicted octanol–water partition coefficient (Wildman–Crippen LogP) is 1.81. The molecule has 1 aliphatic carbocycles. The molecule has 4 nitrogen and oxygen atoms in total. The molecule has 0 radical (unpaired) electrons. The fraction of sp³-hybridized carbons (Fsp3) is 0.429. The van der Waals surface area contributed by atoms with Crippen LogP contribution in [0.15, 0.2) is 35.5 Å². The van der Waals surface area contributed by atoms with E-state index in [0.29, 0.717) is 13.1 Å². The van der Waals surface area contributed by atoms with Crippen LogP contribution >= 0.6 is 0 Å². The number of oxime groups is 1. The third-order valence-electron chi connectivity index (χ3n) is 3.76. The third-order valence-corrected chi connectivity index (χ3v) is 3.76. The molecule has 1 aliphatic heterocycles. The summed E-state index contributed by atoms with van der Waals surface area (Å²) in [6.45, 7) is 1.26. The number of likely N-dealkylation sites (tertiary alicyclic amines) is 1. The Morgan fingerprint density at radius 1 is 1.33 bits per heavy atom. The summed E-state index contributed by atoms with van der Waals surface area (Å²) < 4.78 is 0. The van der Waals surface area contributed by atoms with Crippen LogP contribution in [-0.2, 0) is 16.2 Å². The van der Waals surface area contributed by atoms with E-state index >= 15 is 0 Å². The van der Waals surface area contributed by atoms with Crippen molar-refractivity contribution < 1.29 is 9.63 Å². The van der Waals surface area contributed by atoms with E-state index in [1.165, 1.54) is 7.11 Å². The number of carbonyl (C=O) groups excluding carboxylic acids is 1. The Morgan fingerprint density at radius 2 is 2.06 bits per heavy atom. The van der Waals surface area contributed by atoms with E-state index in [-0.39, 0.29) is 11.3 Å². The van der Waals surface area contributed by atoms with Crippen molar-refractivity contribution in [1.82, 2.24) is 4.90 Å². The second-order valence-electron chi connectivity index (χ2n) is 4.95. The van der Waals surface area contributed by atoms with Crippen molar-refractivity contribution in [1.29, 1.82) is 0 Å². The highest BCUT2D eigenvalue weighted by molar-refractivity contribution is 6.17. The Bertz CT molecular complexity index is 492. The van der Waals surface area contributed by atoms with Crippen LogP contribution in [0.4, 0.5) is 0 Å². The second kappa shape index (κ2) is 4.12. The van der Waals surface area contributed by atoms with Crippen LogP contribution in [0.25, 0.3) is 0 Å². The lowest BCUT2D eigenvalue weighted by Crippen LogP contribution is -2.27. The van der Waals surface area contributed by atoms with Gasteiger partial charge in [-0.25, -0.2) is 0 Å². The van der Waals surface area contributed by atoms with Crippen LogP contribution in [0.5, 0.6) is 0 Å². The molecule has 1 aromatic rings. The normalized spacial score (nSPS) is 22.8. The number of carbonyl (C=O) groups is 1. The molecule has 2 fully saturated rings. The SMILES string of the molecule is CO/N=C1/CN(Cc2ccccc2)C(=O)C12CC2. The zero-order valence-corrected chi connectivity index (χ0v) is 10.4. The van der Waals surface area contributed by atoms with Gasteiger partial charge in [-0.2, -0.15) is 0 Å². The van der Waals surface area contributed by atoms with Crippen molar-refractivity contribution in [3.8, 4) is 0 Å². The average Bonchev–Trinajstić information content (AvgIpc) is 3.15. The molecule has 18 heavy (non-hydrogen) atoms. The number of hydrogen-bond acceptors (Lipinski definition) is 3. The predicted molar refractivity (Wildman–Crippen MR) is 68.0 cm³/mol. The fourth-order valence-electron chi connectivity index (χ4n) is 2.62. The van der Waals surface area contributed by atoms with Gasteiger partial charge in [-0.05, 0) is 18.4 Å². The van der Waals surface area contributed by atoms with Crippen molar-refractivity contribution in [2.45, 2.75) is 19.4 Å². The highest BCUT2D eigenvalue weighted by Gasteiger charge is 2.60. The molecule has 1 saturated heterocycles. The summed E-state index contributed by atoms with van der Waals surface area (Å²) in [6.07, 6.45) is 1.83. The van der Waals surface area contributed by atoms with Gasteiger partial charge in [0, 0.05) is 6.54 Å². The van der Waals surface area contributed by atoms with Crippen LogP contribution in [0.3, 0.4) is 0 Å². The van der Waals surface area contributed by atoms with Gasteiger partial charge in [-0.1, -0.05) is 35.5 Å². The molecule has 1 spiro atoms. The zero-order chi connectivity index (χ0) is 12.6. The molecular formula is C14H16N2O2. The quantitative estimate of drug-likeness (QED) is 0.761. The van der Waals surface area contributed by atoms with Crippen LogP contribution in [0.1, 0.15) is 18.4 Å². The van der Waals surface area contributed by atoms with Crippen molar-refractivity contribution in [3.05, 3.63) is 35.9 Å². The van der Waals surface area contributed by atoms with Crippen LogP contribution in [0, 0.1) is 5.41 Å². The standard InChI is InChI=1S/C14H16N2O2/c1-18-15-12-10-16(13(17)14(12)7-8-14)9-11-5-3-2-4-6-11/h2-6H,7-10H2,1H3/b15-12-. The lowest BCUT2D eigenvalue weighted by atomic mass is 10.0. The molecule has 1 heterocycles. The molecule has 3 rings (SSSR count). The molecule has 2 aliphatic rings. The van der Waals surface area contributed by atoms with Gasteiger partial charge in [-0.3, -0.25) is 4.79 Å². The summed E-state index contributed by atoms with van der Waals surface area (Å²) >= 11 is 0. The number of amides is 1. The Hall–Kier alpha value is -1.84. The summed E-state index contributed by atoms with van der Waals surface area (Å²) in [6, 6.07) is 10.0. The molecule has 0 N–H and O–H groups in total. The summed E-state index contributed by atoms with van der Waals surface area (Å²) in [5.74, 6) is 0.210. The second-order valence-corrected chi connectivity index (χ2v) is 4.95. The monoisotopic (exact) mass is 244 g/mol. The zero-order valence-electron chi connectivity index (χ0n) is 10.4. The van der Waals surface area contributed by atoms with E-state index in [4.69, 9.17) is 4.84 Å². The van der Waals surface area contributed by atoms with Gasteiger partial charge in [-0.15, -0.1) is 0 Å². The molecule has 1 aromatic carbocycles. The van der Waals surface area contributed by atoms with Gasteiger partial charge in [0.1, 0.15) is 7.11 Å². The number of benzene rings is 1. The van der Waals surface area contributed by atoms with Gasteiger partial charge in [0.2, 0.25) is 5.91 Å². The molecule has 0 unspecified atom stereocenters. The van der Waals surface area contributed by atoms with Gasteiger partial charge in [0.25, 0.3) is 0 Å². The Balaban J connectivity index is 1.79. The minimum atomic E-state index is -0.315.